The Kier molecular flexibility index (Phi) is 5.61. The molecular weight excluding hydrogens is 344 g/mol. The third kappa shape index (κ3) is 4.20. The van der Waals surface area contributed by atoms with Crippen LogP contribution in [0.5, 0.6) is 0 Å². The van der Waals surface area contributed by atoms with Crippen molar-refractivity contribution in [1.29, 1.82) is 0 Å². The normalized spacial score (nSPS) is 10.4. The molecule has 7 heteroatoms. The van der Waals surface area contributed by atoms with Gasteiger partial charge in [-0.3, -0.25) is 14.6 Å². The number of aromatic nitrogens is 2. The number of hydrogen-bond acceptors (Lipinski definition) is 5. The van der Waals surface area contributed by atoms with E-state index in [1.807, 2.05) is 19.9 Å². The van der Waals surface area contributed by atoms with Crippen LogP contribution < -0.4 is 5.32 Å². The van der Waals surface area contributed by atoms with Crippen LogP contribution in [0.4, 0.5) is 5.69 Å². The van der Waals surface area contributed by atoms with Crippen molar-refractivity contribution >= 4 is 17.5 Å². The Hall–Kier alpha value is -3.48. The molecule has 0 aliphatic rings. The van der Waals surface area contributed by atoms with E-state index in [0.29, 0.717) is 30.1 Å². The molecule has 0 saturated heterocycles. The molecule has 2 aromatic heterocycles. The lowest BCUT2D eigenvalue weighted by molar-refractivity contribution is 0.0772. The molecule has 2 amide bonds. The van der Waals surface area contributed by atoms with Crippen molar-refractivity contribution < 1.29 is 14.1 Å². The number of benzene rings is 1. The van der Waals surface area contributed by atoms with Crippen molar-refractivity contribution in [3.8, 4) is 11.3 Å². The van der Waals surface area contributed by atoms with E-state index in [0.717, 1.165) is 5.56 Å². The summed E-state index contributed by atoms with van der Waals surface area (Å²) in [6.45, 7) is 5.11. The van der Waals surface area contributed by atoms with Gasteiger partial charge in [-0.2, -0.15) is 0 Å². The molecule has 0 unspecified atom stereocenters. The van der Waals surface area contributed by atoms with Gasteiger partial charge in [-0.1, -0.05) is 11.2 Å². The number of rotatable bonds is 6. The zero-order valence-electron chi connectivity index (χ0n) is 15.2. The largest absolute Gasteiger partial charge is 0.355 e. The zero-order valence-corrected chi connectivity index (χ0v) is 15.2. The molecule has 3 rings (SSSR count). The highest BCUT2D eigenvalue weighted by Crippen LogP contribution is 2.20. The fourth-order valence-corrected chi connectivity index (χ4v) is 2.65. The molecule has 0 saturated carbocycles. The second kappa shape index (κ2) is 8.27. The number of anilines is 1. The highest BCUT2D eigenvalue weighted by Gasteiger charge is 2.16. The summed E-state index contributed by atoms with van der Waals surface area (Å²) in [6, 6.07) is 12.0. The van der Waals surface area contributed by atoms with Crippen molar-refractivity contribution in [1.82, 2.24) is 15.0 Å². The summed E-state index contributed by atoms with van der Waals surface area (Å²) in [6.07, 6.45) is 3.28. The first-order valence-electron chi connectivity index (χ1n) is 8.70. The molecule has 3 aromatic rings. The van der Waals surface area contributed by atoms with Gasteiger partial charge >= 0.3 is 0 Å². The summed E-state index contributed by atoms with van der Waals surface area (Å²) < 4.78 is 5.22. The van der Waals surface area contributed by atoms with Crippen molar-refractivity contribution in [3.05, 3.63) is 66.1 Å². The van der Waals surface area contributed by atoms with E-state index in [1.54, 1.807) is 53.7 Å². The van der Waals surface area contributed by atoms with Crippen LogP contribution in [0.3, 0.4) is 0 Å². The van der Waals surface area contributed by atoms with Gasteiger partial charge in [0.05, 0.1) is 0 Å². The van der Waals surface area contributed by atoms with Crippen molar-refractivity contribution in [3.63, 3.8) is 0 Å². The van der Waals surface area contributed by atoms with Crippen LogP contribution in [0.25, 0.3) is 11.3 Å². The molecule has 1 N–H and O–H groups in total. The fourth-order valence-electron chi connectivity index (χ4n) is 2.65. The highest BCUT2D eigenvalue weighted by molar-refractivity contribution is 6.04. The number of nitrogens with zero attached hydrogens (tertiary/aromatic N) is 3. The van der Waals surface area contributed by atoms with Crippen LogP contribution in [-0.2, 0) is 0 Å². The zero-order chi connectivity index (χ0) is 19.2. The Morgan fingerprint density at radius 3 is 2.63 bits per heavy atom. The summed E-state index contributed by atoms with van der Waals surface area (Å²) in [5.74, 6) is -0.0311. The third-order valence-electron chi connectivity index (χ3n) is 4.11. The van der Waals surface area contributed by atoms with Crippen molar-refractivity contribution in [2.24, 2.45) is 0 Å². The molecule has 27 heavy (non-hydrogen) atoms. The molecule has 0 fully saturated rings. The quantitative estimate of drug-likeness (QED) is 0.723. The lowest BCUT2D eigenvalue weighted by Gasteiger charge is -2.18. The lowest BCUT2D eigenvalue weighted by Crippen LogP contribution is -2.30. The predicted molar refractivity (Wildman–Crippen MR) is 101 cm³/mol. The second-order valence-corrected chi connectivity index (χ2v) is 5.83. The van der Waals surface area contributed by atoms with E-state index in [4.69, 9.17) is 4.52 Å². The number of amides is 2. The van der Waals surface area contributed by atoms with Crippen LogP contribution in [0.15, 0.2) is 59.4 Å². The Labute approximate surface area is 157 Å². The minimum atomic E-state index is -0.415. The maximum atomic E-state index is 12.5. The van der Waals surface area contributed by atoms with E-state index in [2.05, 4.69) is 15.5 Å². The Morgan fingerprint density at radius 2 is 1.93 bits per heavy atom. The van der Waals surface area contributed by atoms with Crippen LogP contribution in [-0.4, -0.2) is 39.9 Å². The monoisotopic (exact) mass is 364 g/mol. The second-order valence-electron chi connectivity index (χ2n) is 5.83. The highest BCUT2D eigenvalue weighted by atomic mass is 16.5. The van der Waals surface area contributed by atoms with Gasteiger partial charge in [0, 0.05) is 48.4 Å². The molecule has 0 bridgehead atoms. The Balaban J connectivity index is 1.74. The van der Waals surface area contributed by atoms with Gasteiger partial charge < -0.3 is 14.7 Å². The van der Waals surface area contributed by atoms with Crippen LogP contribution in [0.2, 0.25) is 0 Å². The van der Waals surface area contributed by atoms with Gasteiger partial charge in [0.15, 0.2) is 11.5 Å². The summed E-state index contributed by atoms with van der Waals surface area (Å²) in [5.41, 5.74) is 1.92. The Morgan fingerprint density at radius 1 is 1.11 bits per heavy atom. The average Bonchev–Trinajstić information content (AvgIpc) is 3.20. The molecule has 1 aromatic carbocycles. The maximum Gasteiger partial charge on any atom is 0.277 e. The molecule has 0 radical (unpaired) electrons. The SMILES string of the molecule is CCN(CC)C(=O)c1cccc(NC(=O)c2cc(-c3cccnc3)on2)c1. The fraction of sp³-hybridized carbons (Fsp3) is 0.200. The van der Waals surface area contributed by atoms with Crippen LogP contribution >= 0.6 is 0 Å². The molecule has 7 nitrogen and oxygen atoms in total. The minimum absolute atomic E-state index is 0.0728. The summed E-state index contributed by atoms with van der Waals surface area (Å²) in [4.78, 5) is 30.6. The first-order chi connectivity index (χ1) is 13.1. The van der Waals surface area contributed by atoms with E-state index < -0.39 is 5.91 Å². The van der Waals surface area contributed by atoms with Gasteiger partial charge in [0.1, 0.15) is 0 Å². The number of carbonyl (C=O) groups is 2. The molecule has 138 valence electrons. The van der Waals surface area contributed by atoms with Gasteiger partial charge in [0.25, 0.3) is 11.8 Å². The van der Waals surface area contributed by atoms with Gasteiger partial charge in [-0.05, 0) is 44.2 Å². The average molecular weight is 364 g/mol. The summed E-state index contributed by atoms with van der Waals surface area (Å²) in [7, 11) is 0. The van der Waals surface area contributed by atoms with E-state index in [9.17, 15) is 9.59 Å². The van der Waals surface area contributed by atoms with E-state index in [-0.39, 0.29) is 11.6 Å². The maximum absolute atomic E-state index is 12.5. The first kappa shape index (κ1) is 18.3. The number of carbonyl (C=O) groups excluding carboxylic acids is 2. The third-order valence-corrected chi connectivity index (χ3v) is 4.11. The first-order valence-corrected chi connectivity index (χ1v) is 8.70. The van der Waals surface area contributed by atoms with E-state index in [1.165, 1.54) is 0 Å². The standard InChI is InChI=1S/C20H20N4O3/c1-3-24(4-2)20(26)14-7-5-9-16(11-14)22-19(25)17-12-18(27-23-17)15-8-6-10-21-13-15/h5-13H,3-4H2,1-2H3,(H,22,25). The minimum Gasteiger partial charge on any atom is -0.355 e. The predicted octanol–water partition coefficient (Wildman–Crippen LogP) is 3.47. The van der Waals surface area contributed by atoms with Gasteiger partial charge in [-0.15, -0.1) is 0 Å². The molecule has 0 aliphatic carbocycles. The van der Waals surface area contributed by atoms with Crippen LogP contribution in [0.1, 0.15) is 34.7 Å². The van der Waals surface area contributed by atoms with Gasteiger partial charge in [-0.25, -0.2) is 0 Å². The molecule has 0 spiro atoms. The smallest absolute Gasteiger partial charge is 0.277 e. The van der Waals surface area contributed by atoms with Gasteiger partial charge in [0.2, 0.25) is 0 Å². The van der Waals surface area contributed by atoms with E-state index >= 15 is 0 Å². The molecule has 0 aliphatic heterocycles. The van der Waals surface area contributed by atoms with Crippen molar-refractivity contribution in [2.75, 3.05) is 18.4 Å². The Bertz CT molecular complexity index is 933. The number of nitrogens with one attached hydrogen (secondary N) is 1. The number of pyridine rings is 1. The van der Waals surface area contributed by atoms with Crippen LogP contribution in [0, 0.1) is 0 Å². The summed E-state index contributed by atoms with van der Waals surface area (Å²) >= 11 is 0. The molecule has 0 atom stereocenters. The topological polar surface area (TPSA) is 88.3 Å². The molecule has 2 heterocycles. The van der Waals surface area contributed by atoms with Crippen molar-refractivity contribution in [2.45, 2.75) is 13.8 Å². The molecular formula is C20H20N4O3. The lowest BCUT2D eigenvalue weighted by atomic mass is 10.1. The summed E-state index contributed by atoms with van der Waals surface area (Å²) in [5, 5.41) is 6.56. The number of hydrogen-bond donors (Lipinski definition) is 1.